The summed E-state index contributed by atoms with van der Waals surface area (Å²) in [5, 5.41) is 9.39. The third kappa shape index (κ3) is 1.77. The van der Waals surface area contributed by atoms with Crippen LogP contribution >= 0.6 is 0 Å². The van der Waals surface area contributed by atoms with Crippen LogP contribution in [-0.4, -0.2) is 18.2 Å². The van der Waals surface area contributed by atoms with Gasteiger partial charge < -0.3 is 14.3 Å². The molecule has 0 atom stereocenters. The Kier molecular flexibility index (Phi) is 2.64. The van der Waals surface area contributed by atoms with Gasteiger partial charge in [0.25, 0.3) is 0 Å². The highest BCUT2D eigenvalue weighted by atomic mass is 16.5. The van der Waals surface area contributed by atoms with Crippen molar-refractivity contribution in [1.82, 2.24) is 0 Å². The molecule has 0 bridgehead atoms. The van der Waals surface area contributed by atoms with Crippen molar-refractivity contribution in [2.75, 3.05) is 7.11 Å². The molecule has 0 aliphatic carbocycles. The fraction of sp³-hybridized carbons (Fsp3) is 0.0833. The minimum absolute atomic E-state index is 0.620. The van der Waals surface area contributed by atoms with E-state index in [9.17, 15) is 4.79 Å². The van der Waals surface area contributed by atoms with Crippen molar-refractivity contribution in [3.05, 3.63) is 36.1 Å². The molecule has 0 aliphatic rings. The average Bonchev–Trinajstić information content (AvgIpc) is 2.74. The fourth-order valence-corrected chi connectivity index (χ4v) is 1.53. The van der Waals surface area contributed by atoms with Crippen LogP contribution in [0.15, 0.2) is 35.0 Å². The van der Waals surface area contributed by atoms with Crippen LogP contribution in [0.3, 0.4) is 0 Å². The number of fused-ring (bicyclic) bond motifs is 1. The molecule has 4 nitrogen and oxygen atoms in total. The van der Waals surface area contributed by atoms with E-state index in [1.54, 1.807) is 31.6 Å². The highest BCUT2D eigenvalue weighted by molar-refractivity contribution is 5.94. The van der Waals surface area contributed by atoms with Gasteiger partial charge in [-0.15, -0.1) is 0 Å². The molecular formula is C12H10O4. The third-order valence-corrected chi connectivity index (χ3v) is 2.24. The molecule has 0 saturated heterocycles. The highest BCUT2D eigenvalue weighted by Gasteiger charge is 2.07. The second-order valence-electron chi connectivity index (χ2n) is 3.19. The average molecular weight is 218 g/mol. The SMILES string of the molecule is COc1ccc(C=CC(=O)O)c2ccoc12. The Morgan fingerprint density at radius 2 is 2.25 bits per heavy atom. The molecule has 4 heteroatoms. The summed E-state index contributed by atoms with van der Waals surface area (Å²) >= 11 is 0. The summed E-state index contributed by atoms with van der Waals surface area (Å²) in [5.41, 5.74) is 1.40. The smallest absolute Gasteiger partial charge is 0.328 e. The topological polar surface area (TPSA) is 59.7 Å². The lowest BCUT2D eigenvalue weighted by atomic mass is 10.1. The molecule has 1 aromatic carbocycles. The van der Waals surface area contributed by atoms with Gasteiger partial charge in [0.05, 0.1) is 13.4 Å². The molecule has 0 unspecified atom stereocenters. The largest absolute Gasteiger partial charge is 0.493 e. The first-order valence-corrected chi connectivity index (χ1v) is 4.67. The zero-order chi connectivity index (χ0) is 11.5. The third-order valence-electron chi connectivity index (χ3n) is 2.24. The number of ether oxygens (including phenoxy) is 1. The lowest BCUT2D eigenvalue weighted by Gasteiger charge is -2.02. The molecule has 0 amide bonds. The zero-order valence-corrected chi connectivity index (χ0v) is 8.64. The van der Waals surface area contributed by atoms with Gasteiger partial charge in [0.15, 0.2) is 11.3 Å². The van der Waals surface area contributed by atoms with Crippen LogP contribution in [0.2, 0.25) is 0 Å². The maximum Gasteiger partial charge on any atom is 0.328 e. The van der Waals surface area contributed by atoms with Gasteiger partial charge in [-0.1, -0.05) is 6.07 Å². The Morgan fingerprint density at radius 3 is 2.94 bits per heavy atom. The van der Waals surface area contributed by atoms with E-state index in [-0.39, 0.29) is 0 Å². The van der Waals surface area contributed by atoms with E-state index in [0.29, 0.717) is 11.3 Å². The number of carbonyl (C=O) groups is 1. The molecule has 1 heterocycles. The fourth-order valence-electron chi connectivity index (χ4n) is 1.53. The van der Waals surface area contributed by atoms with E-state index >= 15 is 0 Å². The Balaban J connectivity index is 2.55. The van der Waals surface area contributed by atoms with E-state index in [1.807, 2.05) is 0 Å². The number of carboxylic acids is 1. The highest BCUT2D eigenvalue weighted by Crippen LogP contribution is 2.29. The molecule has 1 N–H and O–H groups in total. The molecule has 0 fully saturated rings. The van der Waals surface area contributed by atoms with Gasteiger partial charge in [-0.3, -0.25) is 0 Å². The Hall–Kier alpha value is -2.23. The van der Waals surface area contributed by atoms with Gasteiger partial charge in [-0.25, -0.2) is 4.79 Å². The first-order chi connectivity index (χ1) is 7.72. The second-order valence-corrected chi connectivity index (χ2v) is 3.19. The van der Waals surface area contributed by atoms with Crippen LogP contribution in [0.25, 0.3) is 17.0 Å². The molecule has 0 spiro atoms. The number of benzene rings is 1. The number of aliphatic carboxylic acids is 1. The number of methoxy groups -OCH3 is 1. The van der Waals surface area contributed by atoms with Gasteiger partial charge in [0.2, 0.25) is 0 Å². The summed E-state index contributed by atoms with van der Waals surface area (Å²) in [6, 6.07) is 5.31. The molecule has 0 saturated carbocycles. The summed E-state index contributed by atoms with van der Waals surface area (Å²) in [6.45, 7) is 0. The van der Waals surface area contributed by atoms with Crippen LogP contribution in [0.5, 0.6) is 5.75 Å². The molecule has 2 rings (SSSR count). The summed E-state index contributed by atoms with van der Waals surface area (Å²) in [7, 11) is 1.56. The summed E-state index contributed by atoms with van der Waals surface area (Å²) in [4.78, 5) is 10.4. The van der Waals surface area contributed by atoms with Gasteiger partial charge in [0.1, 0.15) is 0 Å². The summed E-state index contributed by atoms with van der Waals surface area (Å²) < 4.78 is 10.4. The first kappa shape index (κ1) is 10.3. The van der Waals surface area contributed by atoms with Crippen LogP contribution in [0.4, 0.5) is 0 Å². The second kappa shape index (κ2) is 4.10. The van der Waals surface area contributed by atoms with E-state index < -0.39 is 5.97 Å². The standard InChI is InChI=1S/C12H10O4/c1-15-10-4-2-8(3-5-11(13)14)9-6-7-16-12(9)10/h2-7H,1H3,(H,13,14). The lowest BCUT2D eigenvalue weighted by Crippen LogP contribution is -1.87. The first-order valence-electron chi connectivity index (χ1n) is 4.67. The van der Waals surface area contributed by atoms with Crippen molar-refractivity contribution in [3.8, 4) is 5.75 Å². The number of rotatable bonds is 3. The molecular weight excluding hydrogens is 208 g/mol. The van der Waals surface area contributed by atoms with E-state index in [2.05, 4.69) is 0 Å². The van der Waals surface area contributed by atoms with E-state index in [1.165, 1.54) is 6.08 Å². The minimum Gasteiger partial charge on any atom is -0.493 e. The quantitative estimate of drug-likeness (QED) is 0.804. The van der Waals surface area contributed by atoms with Crippen molar-refractivity contribution in [2.45, 2.75) is 0 Å². The minimum atomic E-state index is -0.979. The Morgan fingerprint density at radius 1 is 1.44 bits per heavy atom. The monoisotopic (exact) mass is 218 g/mol. The summed E-state index contributed by atoms with van der Waals surface area (Å²) in [5.74, 6) is -0.347. The molecule has 16 heavy (non-hydrogen) atoms. The van der Waals surface area contributed by atoms with E-state index in [4.69, 9.17) is 14.3 Å². The maximum atomic E-state index is 10.4. The van der Waals surface area contributed by atoms with Crippen molar-refractivity contribution in [1.29, 1.82) is 0 Å². The number of hydrogen-bond donors (Lipinski definition) is 1. The number of hydrogen-bond acceptors (Lipinski definition) is 3. The van der Waals surface area contributed by atoms with Gasteiger partial charge in [-0.2, -0.15) is 0 Å². The van der Waals surface area contributed by atoms with Gasteiger partial charge in [-0.05, 0) is 23.8 Å². The Labute approximate surface area is 91.7 Å². The molecule has 0 aliphatic heterocycles. The van der Waals surface area contributed by atoms with Gasteiger partial charge in [0, 0.05) is 11.5 Å². The normalized spacial score (nSPS) is 11.1. The van der Waals surface area contributed by atoms with Crippen LogP contribution in [-0.2, 0) is 4.79 Å². The number of furan rings is 1. The lowest BCUT2D eigenvalue weighted by molar-refractivity contribution is -0.131. The Bertz CT molecular complexity index is 551. The zero-order valence-electron chi connectivity index (χ0n) is 8.64. The van der Waals surface area contributed by atoms with Crippen molar-refractivity contribution in [3.63, 3.8) is 0 Å². The van der Waals surface area contributed by atoms with Crippen LogP contribution in [0.1, 0.15) is 5.56 Å². The van der Waals surface area contributed by atoms with Crippen LogP contribution in [0, 0.1) is 0 Å². The van der Waals surface area contributed by atoms with Crippen molar-refractivity contribution < 1.29 is 19.1 Å². The van der Waals surface area contributed by atoms with Gasteiger partial charge >= 0.3 is 5.97 Å². The van der Waals surface area contributed by atoms with Crippen molar-refractivity contribution in [2.24, 2.45) is 0 Å². The molecule has 2 aromatic rings. The molecule has 1 aromatic heterocycles. The maximum absolute atomic E-state index is 10.4. The number of carboxylic acid groups (broad SMARTS) is 1. The van der Waals surface area contributed by atoms with Crippen molar-refractivity contribution >= 4 is 23.0 Å². The molecule has 82 valence electrons. The predicted octanol–water partition coefficient (Wildman–Crippen LogP) is 2.54. The molecule has 0 radical (unpaired) electrons. The predicted molar refractivity (Wildman–Crippen MR) is 59.4 cm³/mol. The van der Waals surface area contributed by atoms with E-state index in [0.717, 1.165) is 17.0 Å². The van der Waals surface area contributed by atoms with Crippen LogP contribution < -0.4 is 4.74 Å². The summed E-state index contributed by atoms with van der Waals surface area (Å²) in [6.07, 6.45) is 4.17.